The van der Waals surface area contributed by atoms with Crippen LogP contribution in [0.5, 0.6) is 11.5 Å². The molecule has 0 radical (unpaired) electrons. The van der Waals surface area contributed by atoms with Crippen LogP contribution in [-0.2, 0) is 4.79 Å². The topological polar surface area (TPSA) is 100 Å². The Kier molecular flexibility index (Phi) is 6.57. The lowest BCUT2D eigenvalue weighted by Gasteiger charge is -2.12. The van der Waals surface area contributed by atoms with Crippen molar-refractivity contribution in [3.8, 4) is 11.5 Å². The van der Waals surface area contributed by atoms with Crippen molar-refractivity contribution in [3.05, 3.63) is 58.6 Å². The average molecular weight is 376 g/mol. The fraction of sp³-hybridized carbons (Fsp3) is 0.167. The summed E-state index contributed by atoms with van der Waals surface area (Å²) in [5.41, 5.74) is 3.05. The van der Waals surface area contributed by atoms with E-state index < -0.39 is 17.9 Å². The minimum atomic E-state index is -0.810. The van der Waals surface area contributed by atoms with Crippen LogP contribution in [0.1, 0.15) is 22.8 Å². The summed E-state index contributed by atoms with van der Waals surface area (Å²) in [4.78, 5) is 24.1. The third-order valence-electron chi connectivity index (χ3n) is 3.46. The molecular weight excluding hydrogens is 358 g/mol. The van der Waals surface area contributed by atoms with Gasteiger partial charge in [-0.25, -0.2) is 5.43 Å². The standard InChI is InChI=1S/C18H18ClN3O4/c1-11(21-18(25)12-3-6-15(26-2)7-4-12)17(24)22-20-10-13-9-14(19)5-8-16(13)23/h3-11,23H,1-2H3,(H,21,25)(H,22,24)/b20-10+. The quantitative estimate of drug-likeness (QED) is 0.533. The first-order valence-corrected chi connectivity index (χ1v) is 8.05. The largest absolute Gasteiger partial charge is 0.507 e. The van der Waals surface area contributed by atoms with Gasteiger partial charge < -0.3 is 15.2 Å². The molecule has 0 saturated heterocycles. The molecule has 2 aromatic rings. The molecule has 2 rings (SSSR count). The highest BCUT2D eigenvalue weighted by atomic mass is 35.5. The number of hydrogen-bond donors (Lipinski definition) is 3. The Morgan fingerprint density at radius 1 is 1.23 bits per heavy atom. The predicted molar refractivity (Wildman–Crippen MR) is 98.8 cm³/mol. The van der Waals surface area contributed by atoms with Crippen molar-refractivity contribution in [3.63, 3.8) is 0 Å². The number of ether oxygens (including phenoxy) is 1. The lowest BCUT2D eigenvalue weighted by atomic mass is 10.2. The van der Waals surface area contributed by atoms with Crippen LogP contribution in [0.4, 0.5) is 0 Å². The number of amides is 2. The molecule has 0 spiro atoms. The average Bonchev–Trinajstić information content (AvgIpc) is 2.64. The zero-order chi connectivity index (χ0) is 19.1. The van der Waals surface area contributed by atoms with Crippen LogP contribution in [0.3, 0.4) is 0 Å². The number of rotatable bonds is 6. The third kappa shape index (κ3) is 5.22. The van der Waals surface area contributed by atoms with Crippen LogP contribution < -0.4 is 15.5 Å². The number of carbonyl (C=O) groups is 2. The van der Waals surface area contributed by atoms with E-state index in [0.717, 1.165) is 0 Å². The van der Waals surface area contributed by atoms with E-state index in [1.165, 1.54) is 38.4 Å². The van der Waals surface area contributed by atoms with E-state index in [2.05, 4.69) is 15.8 Å². The fourth-order valence-corrected chi connectivity index (χ4v) is 2.16. The summed E-state index contributed by atoms with van der Waals surface area (Å²) in [6.07, 6.45) is 1.26. The third-order valence-corrected chi connectivity index (χ3v) is 3.70. The van der Waals surface area contributed by atoms with Gasteiger partial charge in [-0.1, -0.05) is 11.6 Å². The second-order valence-corrected chi connectivity index (χ2v) is 5.80. The Labute approximate surface area is 155 Å². The zero-order valence-electron chi connectivity index (χ0n) is 14.2. The lowest BCUT2D eigenvalue weighted by Crippen LogP contribution is -2.43. The van der Waals surface area contributed by atoms with E-state index >= 15 is 0 Å². The highest BCUT2D eigenvalue weighted by Crippen LogP contribution is 2.19. The van der Waals surface area contributed by atoms with Crippen LogP contribution in [0.2, 0.25) is 5.02 Å². The number of halogens is 1. The first kappa shape index (κ1) is 19.3. The normalized spacial score (nSPS) is 11.8. The van der Waals surface area contributed by atoms with Gasteiger partial charge in [0.1, 0.15) is 17.5 Å². The molecule has 0 saturated carbocycles. The number of benzene rings is 2. The Morgan fingerprint density at radius 3 is 2.58 bits per heavy atom. The number of aromatic hydroxyl groups is 1. The number of carbonyl (C=O) groups excluding carboxylic acids is 2. The van der Waals surface area contributed by atoms with Crippen LogP contribution in [0, 0.1) is 0 Å². The number of methoxy groups -OCH3 is 1. The van der Waals surface area contributed by atoms with Crippen molar-refractivity contribution < 1.29 is 19.4 Å². The Hall–Kier alpha value is -3.06. The van der Waals surface area contributed by atoms with Crippen molar-refractivity contribution >= 4 is 29.6 Å². The molecule has 0 heterocycles. The Bertz CT molecular complexity index is 822. The maximum absolute atomic E-state index is 12.1. The summed E-state index contributed by atoms with van der Waals surface area (Å²) in [5, 5.41) is 16.4. The summed E-state index contributed by atoms with van der Waals surface area (Å²) in [7, 11) is 1.53. The number of hydrogen-bond acceptors (Lipinski definition) is 5. The SMILES string of the molecule is COc1ccc(C(=O)NC(C)C(=O)N/N=C/c2cc(Cl)ccc2O)cc1. The van der Waals surface area contributed by atoms with Crippen LogP contribution in [0.15, 0.2) is 47.6 Å². The van der Waals surface area contributed by atoms with Gasteiger partial charge in [0.2, 0.25) is 0 Å². The number of nitrogens with one attached hydrogen (secondary N) is 2. The minimum absolute atomic E-state index is 0.0201. The highest BCUT2D eigenvalue weighted by molar-refractivity contribution is 6.30. The smallest absolute Gasteiger partial charge is 0.262 e. The molecule has 2 aromatic carbocycles. The van der Waals surface area contributed by atoms with Gasteiger partial charge in [-0.2, -0.15) is 5.10 Å². The number of phenolic OH excluding ortho intramolecular Hbond substituents is 1. The molecule has 8 heteroatoms. The van der Waals surface area contributed by atoms with Crippen molar-refractivity contribution in [2.24, 2.45) is 5.10 Å². The molecule has 0 aliphatic carbocycles. The van der Waals surface area contributed by atoms with Crippen LogP contribution >= 0.6 is 11.6 Å². The van der Waals surface area contributed by atoms with E-state index in [9.17, 15) is 14.7 Å². The molecule has 136 valence electrons. The van der Waals surface area contributed by atoms with Gasteiger partial charge in [0, 0.05) is 16.1 Å². The molecule has 1 unspecified atom stereocenters. The molecule has 0 aliphatic heterocycles. The van der Waals surface area contributed by atoms with Crippen molar-refractivity contribution in [2.45, 2.75) is 13.0 Å². The Morgan fingerprint density at radius 2 is 1.92 bits per heavy atom. The predicted octanol–water partition coefficient (Wildman–Crippen LogP) is 2.32. The fourth-order valence-electron chi connectivity index (χ4n) is 1.98. The molecule has 0 bridgehead atoms. The summed E-state index contributed by atoms with van der Waals surface area (Å²) >= 11 is 5.83. The molecule has 3 N–H and O–H groups in total. The van der Waals surface area contributed by atoms with Crippen molar-refractivity contribution in [1.29, 1.82) is 0 Å². The molecule has 0 aromatic heterocycles. The molecule has 1 atom stereocenters. The molecule has 0 aliphatic rings. The van der Waals surface area contributed by atoms with Gasteiger partial charge in [0.05, 0.1) is 13.3 Å². The molecule has 2 amide bonds. The van der Waals surface area contributed by atoms with Crippen molar-refractivity contribution in [2.75, 3.05) is 7.11 Å². The highest BCUT2D eigenvalue weighted by Gasteiger charge is 2.16. The van der Waals surface area contributed by atoms with E-state index in [4.69, 9.17) is 16.3 Å². The lowest BCUT2D eigenvalue weighted by molar-refractivity contribution is -0.122. The maximum Gasteiger partial charge on any atom is 0.262 e. The second kappa shape index (κ2) is 8.87. The van der Waals surface area contributed by atoms with Gasteiger partial charge >= 0.3 is 0 Å². The van der Waals surface area contributed by atoms with Gasteiger partial charge in [-0.15, -0.1) is 0 Å². The number of hydrazone groups is 1. The zero-order valence-corrected chi connectivity index (χ0v) is 14.9. The summed E-state index contributed by atoms with van der Waals surface area (Å²) in [5.74, 6) is -0.296. The van der Waals surface area contributed by atoms with Crippen LogP contribution in [0.25, 0.3) is 0 Å². The number of nitrogens with zero attached hydrogens (tertiary/aromatic N) is 1. The van der Waals surface area contributed by atoms with Gasteiger partial charge in [0.15, 0.2) is 0 Å². The molecule has 0 fully saturated rings. The van der Waals surface area contributed by atoms with E-state index in [-0.39, 0.29) is 5.75 Å². The second-order valence-electron chi connectivity index (χ2n) is 5.36. The van der Waals surface area contributed by atoms with E-state index in [0.29, 0.717) is 21.9 Å². The Balaban J connectivity index is 1.91. The van der Waals surface area contributed by atoms with Crippen molar-refractivity contribution in [1.82, 2.24) is 10.7 Å². The molecule has 7 nitrogen and oxygen atoms in total. The molecular formula is C18H18ClN3O4. The summed E-state index contributed by atoms with van der Waals surface area (Å²) in [6.45, 7) is 1.53. The maximum atomic E-state index is 12.1. The number of phenols is 1. The first-order valence-electron chi connectivity index (χ1n) is 7.67. The monoisotopic (exact) mass is 375 g/mol. The van der Waals surface area contributed by atoms with Gasteiger partial charge in [-0.05, 0) is 49.4 Å². The van der Waals surface area contributed by atoms with Gasteiger partial charge in [-0.3, -0.25) is 9.59 Å². The summed E-state index contributed by atoms with van der Waals surface area (Å²) in [6, 6.07) is 10.1. The molecule has 26 heavy (non-hydrogen) atoms. The first-order chi connectivity index (χ1) is 12.4. The van der Waals surface area contributed by atoms with E-state index in [1.54, 1.807) is 24.3 Å². The van der Waals surface area contributed by atoms with Gasteiger partial charge in [0.25, 0.3) is 11.8 Å². The van der Waals surface area contributed by atoms with Crippen LogP contribution in [-0.4, -0.2) is 36.3 Å². The summed E-state index contributed by atoms with van der Waals surface area (Å²) < 4.78 is 5.03. The van der Waals surface area contributed by atoms with E-state index in [1.807, 2.05) is 0 Å². The minimum Gasteiger partial charge on any atom is -0.507 e.